The molecule has 0 aliphatic heterocycles. The maximum Gasteiger partial charge on any atom is 0.387 e. The Morgan fingerprint density at radius 1 is 1.11 bits per heavy atom. The van der Waals surface area contributed by atoms with Gasteiger partial charge < -0.3 is 15.2 Å². The molecule has 1 amide bonds. The molecule has 2 N–H and O–H groups in total. The summed E-state index contributed by atoms with van der Waals surface area (Å²) in [5.74, 6) is -0.0947. The third kappa shape index (κ3) is 4.83. The van der Waals surface area contributed by atoms with Gasteiger partial charge in [0.25, 0.3) is 5.91 Å². The van der Waals surface area contributed by atoms with E-state index in [-0.39, 0.29) is 23.7 Å². The number of alkyl halides is 2. The van der Waals surface area contributed by atoms with Crippen LogP contribution in [0.25, 0.3) is 11.1 Å². The SMILES string of the molecule is O=C(NCC1(CO)CCCC1)c1cccc(-c2ccc(OC(F)F)cc2)c1. The van der Waals surface area contributed by atoms with Crippen LogP contribution in [0.5, 0.6) is 5.75 Å². The summed E-state index contributed by atoms with van der Waals surface area (Å²) in [6.07, 6.45) is 4.02. The van der Waals surface area contributed by atoms with E-state index in [4.69, 9.17) is 0 Å². The van der Waals surface area contributed by atoms with Gasteiger partial charge in [-0.3, -0.25) is 4.79 Å². The summed E-state index contributed by atoms with van der Waals surface area (Å²) < 4.78 is 28.8. The van der Waals surface area contributed by atoms with E-state index in [0.29, 0.717) is 12.1 Å². The first-order chi connectivity index (χ1) is 13.0. The highest BCUT2D eigenvalue weighted by Crippen LogP contribution is 2.37. The summed E-state index contributed by atoms with van der Waals surface area (Å²) in [6.45, 7) is -2.31. The van der Waals surface area contributed by atoms with E-state index in [1.807, 2.05) is 6.07 Å². The van der Waals surface area contributed by atoms with Gasteiger partial charge in [-0.2, -0.15) is 8.78 Å². The van der Waals surface area contributed by atoms with E-state index in [1.165, 1.54) is 12.1 Å². The predicted molar refractivity (Wildman–Crippen MR) is 98.8 cm³/mol. The number of amides is 1. The fraction of sp³-hybridized carbons (Fsp3) is 0.381. The quantitative estimate of drug-likeness (QED) is 0.761. The molecule has 0 saturated heterocycles. The molecular formula is C21H23F2NO3. The third-order valence-corrected chi connectivity index (χ3v) is 5.16. The number of rotatable bonds is 7. The number of nitrogens with one attached hydrogen (secondary N) is 1. The number of benzene rings is 2. The largest absolute Gasteiger partial charge is 0.435 e. The number of hydrogen-bond donors (Lipinski definition) is 2. The molecule has 144 valence electrons. The van der Waals surface area contributed by atoms with E-state index in [9.17, 15) is 18.7 Å². The minimum atomic E-state index is -2.86. The minimum Gasteiger partial charge on any atom is -0.435 e. The lowest BCUT2D eigenvalue weighted by Crippen LogP contribution is -2.38. The van der Waals surface area contributed by atoms with Gasteiger partial charge in [-0.25, -0.2) is 0 Å². The number of carbonyl (C=O) groups excluding carboxylic acids is 1. The van der Waals surface area contributed by atoms with E-state index in [1.54, 1.807) is 30.3 Å². The summed E-state index contributed by atoms with van der Waals surface area (Å²) in [4.78, 5) is 12.5. The Bertz CT molecular complexity index is 771. The molecule has 0 unspecified atom stereocenters. The molecule has 0 aromatic heterocycles. The Balaban J connectivity index is 1.68. The van der Waals surface area contributed by atoms with Crippen LogP contribution in [0.3, 0.4) is 0 Å². The van der Waals surface area contributed by atoms with E-state index >= 15 is 0 Å². The molecule has 2 aromatic carbocycles. The van der Waals surface area contributed by atoms with Crippen LogP contribution in [0.1, 0.15) is 36.0 Å². The Morgan fingerprint density at radius 3 is 2.44 bits per heavy atom. The summed E-state index contributed by atoms with van der Waals surface area (Å²) in [7, 11) is 0. The minimum absolute atomic E-state index is 0.0837. The number of halogens is 2. The molecule has 0 atom stereocenters. The molecule has 0 radical (unpaired) electrons. The van der Waals surface area contributed by atoms with Gasteiger partial charge in [0.2, 0.25) is 0 Å². The van der Waals surface area contributed by atoms with Crippen molar-refractivity contribution in [1.82, 2.24) is 5.32 Å². The summed E-state index contributed by atoms with van der Waals surface area (Å²) in [5.41, 5.74) is 1.93. The lowest BCUT2D eigenvalue weighted by atomic mass is 9.87. The maximum atomic E-state index is 12.5. The molecule has 0 bridgehead atoms. The standard InChI is InChI=1S/C21H23F2NO3/c22-20(23)27-18-8-6-15(7-9-18)16-4-3-5-17(12-16)19(26)24-13-21(14-25)10-1-2-11-21/h3-9,12,20,25H,1-2,10-11,13-14H2,(H,24,26). The highest BCUT2D eigenvalue weighted by Gasteiger charge is 2.33. The van der Waals surface area contributed by atoms with Gasteiger partial charge in [0.1, 0.15) is 5.75 Å². The van der Waals surface area contributed by atoms with E-state index < -0.39 is 6.61 Å². The fourth-order valence-electron chi connectivity index (χ4n) is 3.55. The van der Waals surface area contributed by atoms with Crippen LogP contribution in [0.15, 0.2) is 48.5 Å². The van der Waals surface area contributed by atoms with Gasteiger partial charge >= 0.3 is 6.61 Å². The molecule has 27 heavy (non-hydrogen) atoms. The van der Waals surface area contributed by atoms with Crippen molar-refractivity contribution in [1.29, 1.82) is 0 Å². The monoisotopic (exact) mass is 375 g/mol. The van der Waals surface area contributed by atoms with Crippen molar-refractivity contribution in [3.63, 3.8) is 0 Å². The molecule has 1 aliphatic carbocycles. The second-order valence-corrected chi connectivity index (χ2v) is 7.03. The first kappa shape index (κ1) is 19.3. The topological polar surface area (TPSA) is 58.6 Å². The highest BCUT2D eigenvalue weighted by atomic mass is 19.3. The van der Waals surface area contributed by atoms with Crippen LogP contribution >= 0.6 is 0 Å². The zero-order valence-electron chi connectivity index (χ0n) is 15.0. The Kier molecular flexibility index (Phi) is 6.06. The van der Waals surface area contributed by atoms with Gasteiger partial charge in [-0.1, -0.05) is 37.1 Å². The Labute approximate surface area is 157 Å². The molecule has 1 saturated carbocycles. The number of hydrogen-bond acceptors (Lipinski definition) is 3. The first-order valence-corrected chi connectivity index (χ1v) is 9.06. The van der Waals surface area contributed by atoms with Crippen LogP contribution < -0.4 is 10.1 Å². The normalized spacial score (nSPS) is 15.7. The van der Waals surface area contributed by atoms with Crippen molar-refractivity contribution >= 4 is 5.91 Å². The number of aliphatic hydroxyl groups is 1. The number of ether oxygens (including phenoxy) is 1. The molecule has 0 spiro atoms. The van der Waals surface area contributed by atoms with Gasteiger partial charge in [0, 0.05) is 17.5 Å². The smallest absolute Gasteiger partial charge is 0.387 e. The average Bonchev–Trinajstić information content (AvgIpc) is 3.16. The van der Waals surface area contributed by atoms with Crippen LogP contribution in [0, 0.1) is 5.41 Å². The summed E-state index contributed by atoms with van der Waals surface area (Å²) >= 11 is 0. The second kappa shape index (κ2) is 8.48. The van der Waals surface area contributed by atoms with Gasteiger partial charge in [0.15, 0.2) is 0 Å². The van der Waals surface area contributed by atoms with Gasteiger partial charge in [0.05, 0.1) is 6.61 Å². The van der Waals surface area contributed by atoms with Crippen molar-refractivity contribution in [2.45, 2.75) is 32.3 Å². The average molecular weight is 375 g/mol. The van der Waals surface area contributed by atoms with Crippen LogP contribution in [0.2, 0.25) is 0 Å². The molecular weight excluding hydrogens is 352 g/mol. The lowest BCUT2D eigenvalue weighted by Gasteiger charge is -2.26. The van der Waals surface area contributed by atoms with Crippen molar-refractivity contribution in [2.24, 2.45) is 5.41 Å². The van der Waals surface area contributed by atoms with Crippen molar-refractivity contribution in [2.75, 3.05) is 13.2 Å². The molecule has 1 aliphatic rings. The molecule has 0 heterocycles. The zero-order chi connectivity index (χ0) is 19.3. The third-order valence-electron chi connectivity index (χ3n) is 5.16. The molecule has 3 rings (SSSR count). The van der Waals surface area contributed by atoms with Crippen molar-refractivity contribution in [3.05, 3.63) is 54.1 Å². The van der Waals surface area contributed by atoms with Crippen LogP contribution in [0.4, 0.5) is 8.78 Å². The van der Waals surface area contributed by atoms with Crippen LogP contribution in [-0.4, -0.2) is 30.8 Å². The second-order valence-electron chi connectivity index (χ2n) is 7.03. The molecule has 4 nitrogen and oxygen atoms in total. The van der Waals surface area contributed by atoms with E-state index in [0.717, 1.165) is 36.8 Å². The first-order valence-electron chi connectivity index (χ1n) is 9.06. The number of carbonyl (C=O) groups is 1. The highest BCUT2D eigenvalue weighted by molar-refractivity contribution is 5.95. The lowest BCUT2D eigenvalue weighted by molar-refractivity contribution is -0.0498. The predicted octanol–water partition coefficient (Wildman–Crippen LogP) is 4.24. The Hall–Kier alpha value is -2.47. The van der Waals surface area contributed by atoms with Gasteiger partial charge in [-0.15, -0.1) is 0 Å². The zero-order valence-corrected chi connectivity index (χ0v) is 15.0. The maximum absolute atomic E-state index is 12.5. The van der Waals surface area contributed by atoms with Gasteiger partial charge in [-0.05, 0) is 48.2 Å². The molecule has 1 fully saturated rings. The van der Waals surface area contributed by atoms with E-state index in [2.05, 4.69) is 10.1 Å². The summed E-state index contributed by atoms with van der Waals surface area (Å²) in [5, 5.41) is 12.6. The van der Waals surface area contributed by atoms with Crippen LogP contribution in [-0.2, 0) is 0 Å². The summed E-state index contributed by atoms with van der Waals surface area (Å²) in [6, 6.07) is 13.4. The fourth-order valence-corrected chi connectivity index (χ4v) is 3.55. The van der Waals surface area contributed by atoms with Crippen molar-refractivity contribution < 1.29 is 23.4 Å². The number of aliphatic hydroxyl groups excluding tert-OH is 1. The van der Waals surface area contributed by atoms with Crippen molar-refractivity contribution in [3.8, 4) is 16.9 Å². The molecule has 6 heteroatoms. The molecule has 2 aromatic rings. The Morgan fingerprint density at radius 2 is 1.81 bits per heavy atom.